The Morgan fingerprint density at radius 1 is 1.35 bits per heavy atom. The molecular formula is C11H12F4O2. The first-order chi connectivity index (χ1) is 7.79. The van der Waals surface area contributed by atoms with Crippen LogP contribution in [0.15, 0.2) is 18.2 Å². The molecule has 0 aliphatic heterocycles. The third-order valence-electron chi connectivity index (χ3n) is 2.07. The number of alkyl halides is 3. The van der Waals surface area contributed by atoms with Gasteiger partial charge in [0.15, 0.2) is 0 Å². The van der Waals surface area contributed by atoms with E-state index in [1.807, 2.05) is 0 Å². The highest BCUT2D eigenvalue weighted by atomic mass is 19.4. The van der Waals surface area contributed by atoms with Gasteiger partial charge in [-0.15, -0.1) is 0 Å². The zero-order valence-corrected chi connectivity index (χ0v) is 9.09. The van der Waals surface area contributed by atoms with Gasteiger partial charge < -0.3 is 9.84 Å². The molecule has 0 saturated carbocycles. The molecule has 0 aromatic heterocycles. The van der Waals surface area contributed by atoms with Crippen molar-refractivity contribution in [3.8, 4) is 5.75 Å². The summed E-state index contributed by atoms with van der Waals surface area (Å²) in [6.07, 6.45) is -6.40. The Morgan fingerprint density at radius 3 is 2.53 bits per heavy atom. The third kappa shape index (κ3) is 4.60. The zero-order chi connectivity index (χ0) is 13.1. The van der Waals surface area contributed by atoms with Gasteiger partial charge in [0.2, 0.25) is 0 Å². The van der Waals surface area contributed by atoms with Crippen LogP contribution in [0.25, 0.3) is 0 Å². The topological polar surface area (TPSA) is 29.5 Å². The monoisotopic (exact) mass is 252 g/mol. The Hall–Kier alpha value is -1.30. The van der Waals surface area contributed by atoms with E-state index in [0.29, 0.717) is 0 Å². The van der Waals surface area contributed by atoms with E-state index >= 15 is 0 Å². The van der Waals surface area contributed by atoms with E-state index in [1.165, 1.54) is 13.0 Å². The summed E-state index contributed by atoms with van der Waals surface area (Å²) >= 11 is 0. The van der Waals surface area contributed by atoms with Crippen LogP contribution in [0.5, 0.6) is 5.75 Å². The zero-order valence-electron chi connectivity index (χ0n) is 9.09. The first kappa shape index (κ1) is 13.8. The molecule has 0 amide bonds. The molecule has 0 saturated heterocycles. The summed E-state index contributed by atoms with van der Waals surface area (Å²) in [7, 11) is 0. The molecule has 1 atom stereocenters. The van der Waals surface area contributed by atoms with E-state index in [0.717, 1.165) is 12.1 Å². The van der Waals surface area contributed by atoms with Crippen LogP contribution in [0.1, 0.15) is 25.0 Å². The van der Waals surface area contributed by atoms with Crippen molar-refractivity contribution >= 4 is 0 Å². The second-order valence-corrected chi connectivity index (χ2v) is 3.57. The third-order valence-corrected chi connectivity index (χ3v) is 2.07. The van der Waals surface area contributed by atoms with Crippen LogP contribution in [0.3, 0.4) is 0 Å². The maximum atomic E-state index is 12.9. The van der Waals surface area contributed by atoms with Crippen molar-refractivity contribution in [3.05, 3.63) is 29.6 Å². The van der Waals surface area contributed by atoms with Crippen LogP contribution < -0.4 is 4.74 Å². The molecule has 96 valence electrons. The summed E-state index contributed by atoms with van der Waals surface area (Å²) in [5.74, 6) is -0.519. The maximum Gasteiger partial charge on any atom is 0.392 e. The first-order valence-corrected chi connectivity index (χ1v) is 4.96. The minimum absolute atomic E-state index is 0.0608. The molecular weight excluding hydrogens is 240 g/mol. The van der Waals surface area contributed by atoms with Gasteiger partial charge in [0, 0.05) is 5.56 Å². The second-order valence-electron chi connectivity index (χ2n) is 3.57. The molecule has 2 nitrogen and oxygen atoms in total. The van der Waals surface area contributed by atoms with Crippen molar-refractivity contribution < 1.29 is 27.4 Å². The highest BCUT2D eigenvalue weighted by Crippen LogP contribution is 2.27. The van der Waals surface area contributed by atoms with Crippen molar-refractivity contribution in [1.29, 1.82) is 0 Å². The van der Waals surface area contributed by atoms with Gasteiger partial charge in [0.05, 0.1) is 19.1 Å². The molecule has 1 aromatic rings. The second kappa shape index (κ2) is 5.35. The molecule has 6 heteroatoms. The molecule has 0 aliphatic carbocycles. The molecule has 0 bridgehead atoms. The Labute approximate surface area is 95.8 Å². The molecule has 1 unspecified atom stereocenters. The molecule has 0 radical (unpaired) electrons. The normalized spacial score (nSPS) is 13.5. The molecule has 1 rings (SSSR count). The van der Waals surface area contributed by atoms with Crippen LogP contribution in [-0.2, 0) is 0 Å². The van der Waals surface area contributed by atoms with Crippen molar-refractivity contribution in [2.45, 2.75) is 25.6 Å². The van der Waals surface area contributed by atoms with Crippen molar-refractivity contribution in [3.63, 3.8) is 0 Å². The number of halogens is 4. The number of ether oxygens (including phenoxy) is 1. The van der Waals surface area contributed by atoms with Gasteiger partial charge >= 0.3 is 6.18 Å². The Kier molecular flexibility index (Phi) is 4.34. The van der Waals surface area contributed by atoms with E-state index in [4.69, 9.17) is 4.74 Å². The number of aliphatic hydroxyl groups excluding tert-OH is 1. The number of aliphatic hydroxyl groups is 1. The Morgan fingerprint density at radius 2 is 2.00 bits per heavy atom. The van der Waals surface area contributed by atoms with Gasteiger partial charge in [-0.1, -0.05) is 0 Å². The van der Waals surface area contributed by atoms with Gasteiger partial charge in [-0.3, -0.25) is 0 Å². The summed E-state index contributed by atoms with van der Waals surface area (Å²) in [5.41, 5.74) is 0.132. The summed E-state index contributed by atoms with van der Waals surface area (Å²) in [4.78, 5) is 0. The number of benzene rings is 1. The number of hydrogen-bond donors (Lipinski definition) is 1. The molecule has 0 spiro atoms. The van der Waals surface area contributed by atoms with Crippen LogP contribution in [-0.4, -0.2) is 17.9 Å². The summed E-state index contributed by atoms with van der Waals surface area (Å²) in [6.45, 7) is 0.820. The van der Waals surface area contributed by atoms with Crippen molar-refractivity contribution in [2.75, 3.05) is 6.61 Å². The van der Waals surface area contributed by atoms with Gasteiger partial charge in [-0.05, 0) is 25.1 Å². The fraction of sp³-hybridized carbons (Fsp3) is 0.455. The lowest BCUT2D eigenvalue weighted by molar-refractivity contribution is -0.139. The number of rotatable bonds is 4. The largest absolute Gasteiger partial charge is 0.493 e. The molecule has 17 heavy (non-hydrogen) atoms. The highest BCUT2D eigenvalue weighted by molar-refractivity contribution is 5.35. The predicted molar refractivity (Wildman–Crippen MR) is 53.2 cm³/mol. The predicted octanol–water partition coefficient (Wildman–Crippen LogP) is 3.21. The quantitative estimate of drug-likeness (QED) is 0.834. The fourth-order valence-corrected chi connectivity index (χ4v) is 1.25. The molecule has 1 N–H and O–H groups in total. The standard InChI is InChI=1S/C11H12F4O2/c1-7(16)9-6-8(12)2-3-10(9)17-5-4-11(13,14)15/h2-3,6-7,16H,4-5H2,1H3. The summed E-state index contributed by atoms with van der Waals surface area (Å²) in [5, 5.41) is 9.32. The van der Waals surface area contributed by atoms with Crippen LogP contribution >= 0.6 is 0 Å². The minimum atomic E-state index is -4.30. The minimum Gasteiger partial charge on any atom is -0.493 e. The van der Waals surface area contributed by atoms with Crippen molar-refractivity contribution in [1.82, 2.24) is 0 Å². The first-order valence-electron chi connectivity index (χ1n) is 4.96. The molecule has 1 aromatic carbocycles. The lowest BCUT2D eigenvalue weighted by Crippen LogP contribution is -2.13. The average molecular weight is 252 g/mol. The molecule has 0 heterocycles. The lowest BCUT2D eigenvalue weighted by atomic mass is 10.1. The van der Waals surface area contributed by atoms with E-state index < -0.39 is 31.1 Å². The van der Waals surface area contributed by atoms with Crippen LogP contribution in [0, 0.1) is 5.82 Å². The van der Waals surface area contributed by atoms with Crippen LogP contribution in [0.2, 0.25) is 0 Å². The van der Waals surface area contributed by atoms with Gasteiger partial charge in [-0.2, -0.15) is 13.2 Å². The van der Waals surface area contributed by atoms with E-state index in [-0.39, 0.29) is 11.3 Å². The average Bonchev–Trinajstić information content (AvgIpc) is 2.18. The highest BCUT2D eigenvalue weighted by Gasteiger charge is 2.27. The van der Waals surface area contributed by atoms with Gasteiger partial charge in [0.25, 0.3) is 0 Å². The fourth-order valence-electron chi connectivity index (χ4n) is 1.25. The van der Waals surface area contributed by atoms with E-state index in [1.54, 1.807) is 0 Å². The maximum absolute atomic E-state index is 12.9. The summed E-state index contributed by atoms with van der Waals surface area (Å²) < 4.78 is 53.4. The molecule has 0 fully saturated rings. The number of hydrogen-bond acceptors (Lipinski definition) is 2. The Bertz CT molecular complexity index is 374. The van der Waals surface area contributed by atoms with Gasteiger partial charge in [-0.25, -0.2) is 4.39 Å². The van der Waals surface area contributed by atoms with Crippen LogP contribution in [0.4, 0.5) is 17.6 Å². The Balaban J connectivity index is 2.70. The van der Waals surface area contributed by atoms with E-state index in [2.05, 4.69) is 0 Å². The SMILES string of the molecule is CC(O)c1cc(F)ccc1OCCC(F)(F)F. The van der Waals surface area contributed by atoms with Gasteiger partial charge in [0.1, 0.15) is 11.6 Å². The molecule has 0 aliphatic rings. The summed E-state index contributed by atoms with van der Waals surface area (Å²) in [6, 6.07) is 3.30. The lowest BCUT2D eigenvalue weighted by Gasteiger charge is -2.14. The smallest absolute Gasteiger partial charge is 0.392 e. The van der Waals surface area contributed by atoms with E-state index in [9.17, 15) is 22.7 Å². The van der Waals surface area contributed by atoms with Crippen molar-refractivity contribution in [2.24, 2.45) is 0 Å².